The minimum atomic E-state index is -1.21. The van der Waals surface area contributed by atoms with Gasteiger partial charge < -0.3 is 20.6 Å². The molecule has 0 bridgehead atoms. The highest BCUT2D eigenvalue weighted by atomic mass is 19.1. The first-order valence-electron chi connectivity index (χ1n) is 5.87. The summed E-state index contributed by atoms with van der Waals surface area (Å²) in [6.45, 7) is 3.72. The van der Waals surface area contributed by atoms with Gasteiger partial charge in [0.15, 0.2) is 0 Å². The van der Waals surface area contributed by atoms with E-state index in [9.17, 15) is 9.18 Å². The zero-order valence-electron chi connectivity index (χ0n) is 11.0. The summed E-state index contributed by atoms with van der Waals surface area (Å²) in [5, 5.41) is 11.7. The Hall–Kier alpha value is -2.57. The van der Waals surface area contributed by atoms with Gasteiger partial charge in [0, 0.05) is 5.69 Å². The maximum absolute atomic E-state index is 13.7. The molecule has 7 heteroatoms. The van der Waals surface area contributed by atoms with Crippen LogP contribution in [0.2, 0.25) is 0 Å². The summed E-state index contributed by atoms with van der Waals surface area (Å²) in [6, 6.07) is 2.12. The molecule has 0 radical (unpaired) electrons. The second kappa shape index (κ2) is 5.20. The normalized spacial score (nSPS) is 10.6. The average Bonchev–Trinajstić information content (AvgIpc) is 2.67. The molecule has 0 saturated heterocycles. The van der Waals surface area contributed by atoms with Gasteiger partial charge in [-0.05, 0) is 26.0 Å². The Morgan fingerprint density at radius 3 is 2.75 bits per heavy atom. The van der Waals surface area contributed by atoms with Gasteiger partial charge in [-0.2, -0.15) is 0 Å². The smallest absolute Gasteiger partial charge is 0.337 e. The Balaban J connectivity index is 2.21. The maximum Gasteiger partial charge on any atom is 0.337 e. The van der Waals surface area contributed by atoms with Crippen molar-refractivity contribution in [2.75, 3.05) is 11.1 Å². The van der Waals surface area contributed by atoms with Gasteiger partial charge in [-0.15, -0.1) is 0 Å². The third kappa shape index (κ3) is 2.71. The van der Waals surface area contributed by atoms with Crippen LogP contribution in [0.4, 0.5) is 15.8 Å². The first-order valence-corrected chi connectivity index (χ1v) is 5.87. The van der Waals surface area contributed by atoms with Gasteiger partial charge in [-0.1, -0.05) is 0 Å². The summed E-state index contributed by atoms with van der Waals surface area (Å²) in [5.41, 5.74) is 5.95. The number of nitrogens with two attached hydrogens (primary N) is 1. The highest BCUT2D eigenvalue weighted by Gasteiger charge is 2.14. The molecule has 0 unspecified atom stereocenters. The Kier molecular flexibility index (Phi) is 3.60. The van der Waals surface area contributed by atoms with Gasteiger partial charge in [-0.25, -0.2) is 14.2 Å². The Labute approximate surface area is 114 Å². The van der Waals surface area contributed by atoms with Gasteiger partial charge in [0.1, 0.15) is 11.6 Å². The first kappa shape index (κ1) is 13.9. The monoisotopic (exact) mass is 279 g/mol. The molecule has 106 valence electrons. The van der Waals surface area contributed by atoms with Gasteiger partial charge in [0.25, 0.3) is 0 Å². The van der Waals surface area contributed by atoms with Crippen LogP contribution in [0.25, 0.3) is 0 Å². The number of aromatic carboxylic acids is 1. The number of carbonyl (C=O) groups is 1. The molecule has 0 amide bonds. The lowest BCUT2D eigenvalue weighted by Crippen LogP contribution is -2.07. The molecule has 20 heavy (non-hydrogen) atoms. The fourth-order valence-corrected chi connectivity index (χ4v) is 1.69. The van der Waals surface area contributed by atoms with Crippen molar-refractivity contribution in [3.05, 3.63) is 40.9 Å². The van der Waals surface area contributed by atoms with E-state index in [0.29, 0.717) is 11.7 Å². The van der Waals surface area contributed by atoms with Crippen LogP contribution >= 0.6 is 0 Å². The summed E-state index contributed by atoms with van der Waals surface area (Å²) < 4.78 is 19.0. The van der Waals surface area contributed by atoms with Crippen LogP contribution in [-0.2, 0) is 6.54 Å². The Bertz CT molecular complexity index is 648. The molecule has 6 nitrogen and oxygen atoms in total. The van der Waals surface area contributed by atoms with Crippen LogP contribution < -0.4 is 11.1 Å². The molecule has 2 rings (SSSR count). The van der Waals surface area contributed by atoms with Gasteiger partial charge in [-0.3, -0.25) is 0 Å². The largest absolute Gasteiger partial charge is 0.478 e. The number of rotatable bonds is 4. The second-order valence-electron chi connectivity index (χ2n) is 4.33. The zero-order chi connectivity index (χ0) is 14.9. The molecular formula is C13H14FN3O3. The number of oxazole rings is 1. The van der Waals surface area contributed by atoms with E-state index in [-0.39, 0.29) is 23.5 Å². The lowest BCUT2D eigenvalue weighted by molar-refractivity contribution is 0.0698. The van der Waals surface area contributed by atoms with Crippen molar-refractivity contribution in [1.82, 2.24) is 4.98 Å². The quantitative estimate of drug-likeness (QED) is 0.742. The molecule has 4 N–H and O–H groups in total. The number of anilines is 2. The molecule has 0 atom stereocenters. The summed E-state index contributed by atoms with van der Waals surface area (Å²) in [4.78, 5) is 15.1. The molecule has 0 spiro atoms. The van der Waals surface area contributed by atoms with Crippen LogP contribution in [0.15, 0.2) is 16.5 Å². The minimum absolute atomic E-state index is 0.0325. The molecule has 1 aromatic carbocycles. The molecule has 1 heterocycles. The third-order valence-electron chi connectivity index (χ3n) is 2.87. The fraction of sp³-hybridized carbons (Fsp3) is 0.231. The van der Waals surface area contributed by atoms with Gasteiger partial charge in [0.05, 0.1) is 23.5 Å². The van der Waals surface area contributed by atoms with Crippen molar-refractivity contribution < 1.29 is 18.7 Å². The number of nitrogen functional groups attached to an aromatic ring is 1. The number of benzene rings is 1. The molecule has 0 aliphatic rings. The van der Waals surface area contributed by atoms with Crippen molar-refractivity contribution in [3.8, 4) is 0 Å². The van der Waals surface area contributed by atoms with Crippen molar-refractivity contribution in [2.24, 2.45) is 0 Å². The standard InChI is InChI=1S/C13H14FN3O3/c1-6-7(2)20-12(17-6)5-16-11-3-8(13(18)19)10(15)4-9(11)14/h3-4,16H,5,15H2,1-2H3,(H,18,19). The lowest BCUT2D eigenvalue weighted by atomic mass is 10.1. The first-order chi connectivity index (χ1) is 9.38. The maximum atomic E-state index is 13.7. The van der Waals surface area contributed by atoms with E-state index in [0.717, 1.165) is 17.8 Å². The lowest BCUT2D eigenvalue weighted by Gasteiger charge is -2.08. The molecular weight excluding hydrogens is 265 g/mol. The van der Waals surface area contributed by atoms with E-state index in [4.69, 9.17) is 15.3 Å². The number of aryl methyl sites for hydroxylation is 2. The average molecular weight is 279 g/mol. The number of nitrogens with one attached hydrogen (secondary N) is 1. The van der Waals surface area contributed by atoms with E-state index in [1.54, 1.807) is 13.8 Å². The fourth-order valence-electron chi connectivity index (χ4n) is 1.69. The van der Waals surface area contributed by atoms with E-state index in [1.807, 2.05) is 0 Å². The van der Waals surface area contributed by atoms with Crippen LogP contribution in [0, 0.1) is 19.7 Å². The van der Waals surface area contributed by atoms with E-state index >= 15 is 0 Å². The number of nitrogens with zero attached hydrogens (tertiary/aromatic N) is 1. The zero-order valence-corrected chi connectivity index (χ0v) is 11.0. The molecule has 1 aromatic heterocycles. The summed E-state index contributed by atoms with van der Waals surface area (Å²) in [7, 11) is 0. The molecule has 0 aliphatic carbocycles. The highest BCUT2D eigenvalue weighted by Crippen LogP contribution is 2.23. The van der Waals surface area contributed by atoms with Gasteiger partial charge >= 0.3 is 5.97 Å². The van der Waals surface area contributed by atoms with Crippen LogP contribution in [-0.4, -0.2) is 16.1 Å². The highest BCUT2D eigenvalue weighted by molar-refractivity contribution is 5.94. The number of halogens is 1. The van der Waals surface area contributed by atoms with Crippen LogP contribution in [0.1, 0.15) is 27.7 Å². The predicted molar refractivity (Wildman–Crippen MR) is 71.1 cm³/mol. The summed E-state index contributed by atoms with van der Waals surface area (Å²) in [5.74, 6) is -0.764. The van der Waals surface area contributed by atoms with Crippen molar-refractivity contribution in [3.63, 3.8) is 0 Å². The molecule has 0 fully saturated rings. The molecule has 2 aromatic rings. The summed E-state index contributed by atoms with van der Waals surface area (Å²) in [6.07, 6.45) is 0. The topological polar surface area (TPSA) is 101 Å². The minimum Gasteiger partial charge on any atom is -0.478 e. The Morgan fingerprint density at radius 2 is 2.20 bits per heavy atom. The summed E-state index contributed by atoms with van der Waals surface area (Å²) >= 11 is 0. The van der Waals surface area contributed by atoms with Crippen molar-refractivity contribution in [1.29, 1.82) is 0 Å². The number of aromatic nitrogens is 1. The van der Waals surface area contributed by atoms with E-state index in [2.05, 4.69) is 10.3 Å². The van der Waals surface area contributed by atoms with Crippen molar-refractivity contribution in [2.45, 2.75) is 20.4 Å². The molecule has 0 saturated carbocycles. The van der Waals surface area contributed by atoms with Crippen LogP contribution in [0.3, 0.4) is 0 Å². The van der Waals surface area contributed by atoms with Crippen molar-refractivity contribution >= 4 is 17.3 Å². The number of hydrogen-bond acceptors (Lipinski definition) is 5. The van der Waals surface area contributed by atoms with E-state index in [1.165, 1.54) is 0 Å². The van der Waals surface area contributed by atoms with E-state index < -0.39 is 11.8 Å². The van der Waals surface area contributed by atoms with Gasteiger partial charge in [0.2, 0.25) is 5.89 Å². The number of carboxylic acid groups (broad SMARTS) is 1. The SMILES string of the molecule is Cc1nc(CNc2cc(C(=O)O)c(N)cc2F)oc1C. The number of carboxylic acids is 1. The number of hydrogen-bond donors (Lipinski definition) is 3. The third-order valence-corrected chi connectivity index (χ3v) is 2.87. The van der Waals surface area contributed by atoms with Crippen LogP contribution in [0.5, 0.6) is 0 Å². The second-order valence-corrected chi connectivity index (χ2v) is 4.33. The molecule has 0 aliphatic heterocycles. The predicted octanol–water partition coefficient (Wildman–Crippen LogP) is 2.32. The Morgan fingerprint density at radius 1 is 1.50 bits per heavy atom.